The Bertz CT molecular complexity index is 752. The Morgan fingerprint density at radius 3 is 2.62 bits per heavy atom. The molecule has 106 valence electrons. The van der Waals surface area contributed by atoms with Crippen LogP contribution in [0.1, 0.15) is 17.3 Å². The number of pyridine rings is 1. The molecule has 0 aliphatic carbocycles. The van der Waals surface area contributed by atoms with Crippen molar-refractivity contribution in [2.24, 2.45) is 5.84 Å². The lowest BCUT2D eigenvalue weighted by Crippen LogP contribution is -2.30. The van der Waals surface area contributed by atoms with Gasteiger partial charge < -0.3 is 0 Å². The Kier molecular flexibility index (Phi) is 3.90. The minimum atomic E-state index is -0.243. The average molecular weight is 281 g/mol. The number of hydrazine groups is 1. The lowest BCUT2D eigenvalue weighted by Gasteiger charge is -2.17. The van der Waals surface area contributed by atoms with E-state index >= 15 is 0 Å². The number of nitrogens with one attached hydrogen (secondary N) is 1. The molecular weight excluding hydrogens is 265 g/mol. The highest BCUT2D eigenvalue weighted by Gasteiger charge is 2.16. The maximum absolute atomic E-state index is 13.8. The third kappa shape index (κ3) is 2.77. The molecule has 0 spiro atoms. The van der Waals surface area contributed by atoms with Gasteiger partial charge in [0, 0.05) is 11.6 Å². The van der Waals surface area contributed by atoms with Crippen molar-refractivity contribution in [2.75, 3.05) is 0 Å². The highest BCUT2D eigenvalue weighted by Crippen LogP contribution is 2.25. The van der Waals surface area contributed by atoms with E-state index in [1.165, 1.54) is 6.07 Å². The number of nitrogens with zero attached hydrogens (tertiary/aromatic N) is 1. The molecule has 0 bridgehead atoms. The second-order valence-electron chi connectivity index (χ2n) is 4.93. The van der Waals surface area contributed by atoms with Crippen molar-refractivity contribution in [1.29, 1.82) is 0 Å². The standard InChI is InChI=1S/C17H16FN3/c18-15-8-4-2-6-13(15)11-16(21-19)17-14-7-3-1-5-12(14)9-10-20-17/h1-10,16,21H,11,19H2. The van der Waals surface area contributed by atoms with Gasteiger partial charge in [0.05, 0.1) is 11.7 Å². The number of hydrogen-bond acceptors (Lipinski definition) is 3. The van der Waals surface area contributed by atoms with Crippen LogP contribution in [0.2, 0.25) is 0 Å². The van der Waals surface area contributed by atoms with Crippen LogP contribution in [0.15, 0.2) is 60.8 Å². The average Bonchev–Trinajstić information content (AvgIpc) is 2.54. The molecule has 1 atom stereocenters. The van der Waals surface area contributed by atoms with E-state index in [1.54, 1.807) is 18.3 Å². The molecule has 2 aromatic carbocycles. The summed E-state index contributed by atoms with van der Waals surface area (Å²) in [5, 5.41) is 2.12. The summed E-state index contributed by atoms with van der Waals surface area (Å²) in [4.78, 5) is 4.44. The highest BCUT2D eigenvalue weighted by atomic mass is 19.1. The normalized spacial score (nSPS) is 12.5. The quantitative estimate of drug-likeness (QED) is 0.570. The molecule has 3 nitrogen and oxygen atoms in total. The third-order valence-corrected chi connectivity index (χ3v) is 3.62. The zero-order valence-electron chi connectivity index (χ0n) is 11.5. The molecule has 4 heteroatoms. The first-order valence-electron chi connectivity index (χ1n) is 6.83. The number of benzene rings is 2. The van der Waals surface area contributed by atoms with Crippen LogP contribution in [0.3, 0.4) is 0 Å². The predicted molar refractivity (Wildman–Crippen MR) is 81.9 cm³/mol. The zero-order valence-corrected chi connectivity index (χ0v) is 11.5. The number of hydrogen-bond donors (Lipinski definition) is 2. The van der Waals surface area contributed by atoms with E-state index in [9.17, 15) is 4.39 Å². The zero-order chi connectivity index (χ0) is 14.7. The summed E-state index contributed by atoms with van der Waals surface area (Å²) in [6.45, 7) is 0. The third-order valence-electron chi connectivity index (χ3n) is 3.62. The fourth-order valence-corrected chi connectivity index (χ4v) is 2.54. The Morgan fingerprint density at radius 2 is 1.81 bits per heavy atom. The monoisotopic (exact) mass is 281 g/mol. The van der Waals surface area contributed by atoms with E-state index in [0.29, 0.717) is 12.0 Å². The van der Waals surface area contributed by atoms with Crippen LogP contribution in [0.25, 0.3) is 10.8 Å². The fourth-order valence-electron chi connectivity index (χ4n) is 2.54. The number of nitrogens with two attached hydrogens (primary N) is 1. The molecule has 0 aliphatic heterocycles. The van der Waals surface area contributed by atoms with Gasteiger partial charge in [-0.15, -0.1) is 0 Å². The summed E-state index contributed by atoms with van der Waals surface area (Å²) in [6, 6.07) is 16.4. The first-order chi connectivity index (χ1) is 10.3. The minimum Gasteiger partial charge on any atom is -0.271 e. The van der Waals surface area contributed by atoms with Gasteiger partial charge in [-0.1, -0.05) is 42.5 Å². The van der Waals surface area contributed by atoms with E-state index < -0.39 is 0 Å². The Labute approximate surface area is 122 Å². The van der Waals surface area contributed by atoms with Crippen molar-refractivity contribution in [3.05, 3.63) is 77.9 Å². The van der Waals surface area contributed by atoms with Gasteiger partial charge in [0.25, 0.3) is 0 Å². The predicted octanol–water partition coefficient (Wildman–Crippen LogP) is 3.12. The SMILES string of the molecule is NNC(Cc1ccccc1F)c1nccc2ccccc12. The molecule has 3 rings (SSSR count). The van der Waals surface area contributed by atoms with Gasteiger partial charge in [-0.3, -0.25) is 16.3 Å². The van der Waals surface area contributed by atoms with E-state index in [-0.39, 0.29) is 11.9 Å². The molecule has 0 saturated carbocycles. The maximum Gasteiger partial charge on any atom is 0.126 e. The molecule has 1 unspecified atom stereocenters. The van der Waals surface area contributed by atoms with Gasteiger partial charge in [0.1, 0.15) is 5.82 Å². The summed E-state index contributed by atoms with van der Waals surface area (Å²) in [6.07, 6.45) is 2.20. The second-order valence-corrected chi connectivity index (χ2v) is 4.93. The van der Waals surface area contributed by atoms with Crippen LogP contribution in [0.4, 0.5) is 4.39 Å². The molecule has 0 amide bonds. The number of rotatable bonds is 4. The minimum absolute atomic E-state index is 0.224. The summed E-state index contributed by atoms with van der Waals surface area (Å²) in [7, 11) is 0. The van der Waals surface area contributed by atoms with E-state index in [0.717, 1.165) is 16.5 Å². The van der Waals surface area contributed by atoms with Gasteiger partial charge in [0.2, 0.25) is 0 Å². The van der Waals surface area contributed by atoms with Gasteiger partial charge in [-0.2, -0.15) is 0 Å². The van der Waals surface area contributed by atoms with Gasteiger partial charge >= 0.3 is 0 Å². The summed E-state index contributed by atoms with van der Waals surface area (Å²) in [5.41, 5.74) is 4.21. The molecule has 0 fully saturated rings. The molecule has 21 heavy (non-hydrogen) atoms. The molecule has 1 aromatic heterocycles. The van der Waals surface area contributed by atoms with Crippen molar-refractivity contribution in [2.45, 2.75) is 12.5 Å². The molecular formula is C17H16FN3. The van der Waals surface area contributed by atoms with Crippen molar-refractivity contribution in [3.63, 3.8) is 0 Å². The van der Waals surface area contributed by atoms with Crippen LogP contribution in [-0.2, 0) is 6.42 Å². The number of aromatic nitrogens is 1. The van der Waals surface area contributed by atoms with Crippen LogP contribution in [-0.4, -0.2) is 4.98 Å². The van der Waals surface area contributed by atoms with E-state index in [1.807, 2.05) is 36.4 Å². The molecule has 0 aliphatic rings. The fraction of sp³-hybridized carbons (Fsp3) is 0.118. The lowest BCUT2D eigenvalue weighted by molar-refractivity contribution is 0.522. The van der Waals surface area contributed by atoms with E-state index in [4.69, 9.17) is 5.84 Å². The lowest BCUT2D eigenvalue weighted by atomic mass is 9.99. The smallest absolute Gasteiger partial charge is 0.126 e. The largest absolute Gasteiger partial charge is 0.271 e. The van der Waals surface area contributed by atoms with Crippen molar-refractivity contribution in [3.8, 4) is 0 Å². The Morgan fingerprint density at radius 1 is 1.05 bits per heavy atom. The van der Waals surface area contributed by atoms with Crippen LogP contribution in [0.5, 0.6) is 0 Å². The summed E-state index contributed by atoms with van der Waals surface area (Å²) in [5.74, 6) is 5.46. The van der Waals surface area contributed by atoms with Crippen molar-refractivity contribution < 1.29 is 4.39 Å². The molecule has 3 aromatic rings. The van der Waals surface area contributed by atoms with Gasteiger partial charge in [0.15, 0.2) is 0 Å². The highest BCUT2D eigenvalue weighted by molar-refractivity contribution is 5.84. The molecule has 1 heterocycles. The first-order valence-corrected chi connectivity index (χ1v) is 6.83. The second kappa shape index (κ2) is 5.99. The van der Waals surface area contributed by atoms with Gasteiger partial charge in [-0.25, -0.2) is 4.39 Å². The van der Waals surface area contributed by atoms with Crippen LogP contribution >= 0.6 is 0 Å². The number of fused-ring (bicyclic) bond motifs is 1. The Hall–Kier alpha value is -2.30. The van der Waals surface area contributed by atoms with Crippen LogP contribution in [0, 0.1) is 5.82 Å². The summed E-state index contributed by atoms with van der Waals surface area (Å²) >= 11 is 0. The molecule has 3 N–H and O–H groups in total. The first kappa shape index (κ1) is 13.7. The van der Waals surface area contributed by atoms with E-state index in [2.05, 4.69) is 10.4 Å². The maximum atomic E-state index is 13.8. The van der Waals surface area contributed by atoms with Crippen LogP contribution < -0.4 is 11.3 Å². The topological polar surface area (TPSA) is 50.9 Å². The Balaban J connectivity index is 2.01. The van der Waals surface area contributed by atoms with Crippen molar-refractivity contribution in [1.82, 2.24) is 10.4 Å². The van der Waals surface area contributed by atoms with Crippen molar-refractivity contribution >= 4 is 10.8 Å². The molecule has 0 saturated heterocycles. The molecule has 0 radical (unpaired) electrons. The number of halogens is 1. The summed E-state index contributed by atoms with van der Waals surface area (Å²) < 4.78 is 13.8. The van der Waals surface area contributed by atoms with Gasteiger partial charge in [-0.05, 0) is 29.5 Å².